The van der Waals surface area contributed by atoms with Crippen LogP contribution in [0, 0.1) is 11.8 Å². The molecule has 21 heavy (non-hydrogen) atoms. The van der Waals surface area contributed by atoms with E-state index in [-0.39, 0.29) is 0 Å². The van der Waals surface area contributed by atoms with Crippen molar-refractivity contribution in [1.82, 2.24) is 5.32 Å². The predicted molar refractivity (Wildman–Crippen MR) is 89.1 cm³/mol. The third kappa shape index (κ3) is 6.85. The highest BCUT2D eigenvalue weighted by Crippen LogP contribution is 2.28. The molecule has 1 unspecified atom stereocenters. The van der Waals surface area contributed by atoms with Gasteiger partial charge in [0.1, 0.15) is 0 Å². The standard InChI is InChI=1S/C18H31NO2/c1-6-7-15(4)13-21-17-9-8-16(10-18(17)20-5)12-19-11-14(2)3/h8-10,14-15,19H,6-7,11-13H2,1-5H3. The molecule has 0 heterocycles. The minimum atomic E-state index is 0.576. The molecule has 0 aliphatic rings. The highest BCUT2D eigenvalue weighted by Gasteiger charge is 2.08. The molecule has 3 heteroatoms. The molecule has 0 fully saturated rings. The van der Waals surface area contributed by atoms with Crippen LogP contribution in [-0.4, -0.2) is 20.3 Å². The Morgan fingerprint density at radius 3 is 2.52 bits per heavy atom. The maximum Gasteiger partial charge on any atom is 0.161 e. The van der Waals surface area contributed by atoms with Crippen LogP contribution in [0.25, 0.3) is 0 Å². The zero-order chi connectivity index (χ0) is 15.7. The molecule has 0 amide bonds. The molecule has 0 aromatic heterocycles. The molecule has 1 rings (SSSR count). The molecular weight excluding hydrogens is 262 g/mol. The number of ether oxygens (including phenoxy) is 2. The van der Waals surface area contributed by atoms with E-state index in [1.54, 1.807) is 7.11 Å². The molecule has 3 nitrogen and oxygen atoms in total. The molecular formula is C18H31NO2. The Labute approximate surface area is 130 Å². The second-order valence-corrected chi connectivity index (χ2v) is 6.21. The maximum atomic E-state index is 5.89. The lowest BCUT2D eigenvalue weighted by Gasteiger charge is -2.15. The molecule has 1 aromatic rings. The summed E-state index contributed by atoms with van der Waals surface area (Å²) in [6.07, 6.45) is 2.39. The number of benzene rings is 1. The second-order valence-electron chi connectivity index (χ2n) is 6.21. The summed E-state index contributed by atoms with van der Waals surface area (Å²) in [6.45, 7) is 11.5. The SMILES string of the molecule is CCCC(C)COc1ccc(CNCC(C)C)cc1OC. The number of rotatable bonds is 10. The Bertz CT molecular complexity index is 404. The lowest BCUT2D eigenvalue weighted by atomic mass is 10.1. The predicted octanol–water partition coefficient (Wildman–Crippen LogP) is 4.26. The van der Waals surface area contributed by atoms with Gasteiger partial charge in [0.2, 0.25) is 0 Å². The van der Waals surface area contributed by atoms with Crippen LogP contribution < -0.4 is 14.8 Å². The molecule has 1 aromatic carbocycles. The summed E-state index contributed by atoms with van der Waals surface area (Å²) in [4.78, 5) is 0. The second kappa shape index (κ2) is 9.67. The van der Waals surface area contributed by atoms with Crippen molar-refractivity contribution in [2.24, 2.45) is 11.8 Å². The Balaban J connectivity index is 2.57. The molecule has 1 atom stereocenters. The van der Waals surface area contributed by atoms with Gasteiger partial charge in [-0.05, 0) is 42.5 Å². The first-order valence-electron chi connectivity index (χ1n) is 8.07. The van der Waals surface area contributed by atoms with E-state index in [0.29, 0.717) is 11.8 Å². The molecule has 0 aliphatic carbocycles. The number of hydrogen-bond donors (Lipinski definition) is 1. The highest BCUT2D eigenvalue weighted by atomic mass is 16.5. The zero-order valence-electron chi connectivity index (χ0n) is 14.2. The van der Waals surface area contributed by atoms with Gasteiger partial charge < -0.3 is 14.8 Å². The molecule has 0 saturated heterocycles. The molecule has 0 saturated carbocycles. The van der Waals surface area contributed by atoms with Crippen LogP contribution in [0.1, 0.15) is 46.1 Å². The Kier molecular flexibility index (Phi) is 8.21. The van der Waals surface area contributed by atoms with E-state index in [0.717, 1.165) is 31.2 Å². The van der Waals surface area contributed by atoms with Crippen molar-refractivity contribution in [3.05, 3.63) is 23.8 Å². The molecule has 0 radical (unpaired) electrons. The van der Waals surface area contributed by atoms with E-state index >= 15 is 0 Å². The van der Waals surface area contributed by atoms with Crippen molar-refractivity contribution < 1.29 is 9.47 Å². The van der Waals surface area contributed by atoms with Crippen LogP contribution in [0.2, 0.25) is 0 Å². The summed E-state index contributed by atoms with van der Waals surface area (Å²) in [5, 5.41) is 3.44. The average Bonchev–Trinajstić information content (AvgIpc) is 2.45. The van der Waals surface area contributed by atoms with Crippen LogP contribution >= 0.6 is 0 Å². The van der Waals surface area contributed by atoms with E-state index in [1.165, 1.54) is 18.4 Å². The number of hydrogen-bond acceptors (Lipinski definition) is 3. The van der Waals surface area contributed by atoms with E-state index in [2.05, 4.69) is 45.1 Å². The van der Waals surface area contributed by atoms with Gasteiger partial charge in [0.05, 0.1) is 13.7 Å². The largest absolute Gasteiger partial charge is 0.493 e. The summed E-state index contributed by atoms with van der Waals surface area (Å²) >= 11 is 0. The van der Waals surface area contributed by atoms with Crippen molar-refractivity contribution in [2.45, 2.75) is 47.1 Å². The summed E-state index contributed by atoms with van der Waals surface area (Å²) < 4.78 is 11.3. The Morgan fingerprint density at radius 1 is 1.14 bits per heavy atom. The van der Waals surface area contributed by atoms with Gasteiger partial charge >= 0.3 is 0 Å². The smallest absolute Gasteiger partial charge is 0.161 e. The molecule has 0 bridgehead atoms. The van der Waals surface area contributed by atoms with Crippen LogP contribution in [0.5, 0.6) is 11.5 Å². The lowest BCUT2D eigenvalue weighted by Crippen LogP contribution is -2.19. The van der Waals surface area contributed by atoms with E-state index in [9.17, 15) is 0 Å². The van der Waals surface area contributed by atoms with Gasteiger partial charge in [-0.2, -0.15) is 0 Å². The molecule has 0 spiro atoms. The van der Waals surface area contributed by atoms with Gasteiger partial charge in [-0.25, -0.2) is 0 Å². The van der Waals surface area contributed by atoms with Crippen LogP contribution in [0.15, 0.2) is 18.2 Å². The van der Waals surface area contributed by atoms with Crippen molar-refractivity contribution in [2.75, 3.05) is 20.3 Å². The van der Waals surface area contributed by atoms with Crippen molar-refractivity contribution >= 4 is 0 Å². The fraction of sp³-hybridized carbons (Fsp3) is 0.667. The number of nitrogens with one attached hydrogen (secondary N) is 1. The first kappa shape index (κ1) is 17.8. The summed E-state index contributed by atoms with van der Waals surface area (Å²) in [5.41, 5.74) is 1.22. The minimum Gasteiger partial charge on any atom is -0.493 e. The fourth-order valence-electron chi connectivity index (χ4n) is 2.25. The van der Waals surface area contributed by atoms with Crippen LogP contribution in [0.3, 0.4) is 0 Å². The maximum absolute atomic E-state index is 5.89. The third-order valence-electron chi connectivity index (χ3n) is 3.41. The summed E-state index contributed by atoms with van der Waals surface area (Å²) in [6, 6.07) is 6.19. The van der Waals surface area contributed by atoms with Crippen molar-refractivity contribution in [3.63, 3.8) is 0 Å². The van der Waals surface area contributed by atoms with E-state index < -0.39 is 0 Å². The van der Waals surface area contributed by atoms with Crippen molar-refractivity contribution in [3.8, 4) is 11.5 Å². The highest BCUT2D eigenvalue weighted by molar-refractivity contribution is 5.42. The first-order valence-corrected chi connectivity index (χ1v) is 8.07. The van der Waals surface area contributed by atoms with Gasteiger partial charge in [-0.15, -0.1) is 0 Å². The fourth-order valence-corrected chi connectivity index (χ4v) is 2.25. The summed E-state index contributed by atoms with van der Waals surface area (Å²) in [5.74, 6) is 2.90. The van der Waals surface area contributed by atoms with Crippen LogP contribution in [0.4, 0.5) is 0 Å². The van der Waals surface area contributed by atoms with Gasteiger partial charge in [-0.1, -0.05) is 40.2 Å². The Morgan fingerprint density at radius 2 is 1.90 bits per heavy atom. The van der Waals surface area contributed by atoms with Gasteiger partial charge in [0.25, 0.3) is 0 Å². The Hall–Kier alpha value is -1.22. The molecule has 0 aliphatic heterocycles. The van der Waals surface area contributed by atoms with Crippen molar-refractivity contribution in [1.29, 1.82) is 0 Å². The zero-order valence-corrected chi connectivity index (χ0v) is 14.2. The topological polar surface area (TPSA) is 30.5 Å². The van der Waals surface area contributed by atoms with Gasteiger partial charge in [0.15, 0.2) is 11.5 Å². The molecule has 1 N–H and O–H groups in total. The van der Waals surface area contributed by atoms with Gasteiger partial charge in [0, 0.05) is 6.54 Å². The van der Waals surface area contributed by atoms with Crippen LogP contribution in [-0.2, 0) is 6.54 Å². The lowest BCUT2D eigenvalue weighted by molar-refractivity contribution is 0.240. The normalized spacial score (nSPS) is 12.5. The molecule has 120 valence electrons. The third-order valence-corrected chi connectivity index (χ3v) is 3.41. The quantitative estimate of drug-likeness (QED) is 0.699. The minimum absolute atomic E-state index is 0.576. The van der Waals surface area contributed by atoms with Gasteiger partial charge in [-0.3, -0.25) is 0 Å². The summed E-state index contributed by atoms with van der Waals surface area (Å²) in [7, 11) is 1.70. The van der Waals surface area contributed by atoms with E-state index in [1.807, 2.05) is 6.07 Å². The van der Waals surface area contributed by atoms with E-state index in [4.69, 9.17) is 9.47 Å². The average molecular weight is 293 g/mol. The first-order chi connectivity index (χ1) is 10.1. The number of methoxy groups -OCH3 is 1. The monoisotopic (exact) mass is 293 g/mol.